The molecule has 6 heteroatoms. The molecule has 27 heavy (non-hydrogen) atoms. The number of piperidine rings is 1. The second-order valence-corrected chi connectivity index (χ2v) is 7.77. The quantitative estimate of drug-likeness (QED) is 0.883. The topological polar surface area (TPSA) is 63.1 Å². The highest BCUT2D eigenvalue weighted by atomic mass is 16.2. The summed E-state index contributed by atoms with van der Waals surface area (Å²) in [5.74, 6) is 0.0586. The lowest BCUT2D eigenvalue weighted by atomic mass is 10.0. The number of carbonyl (C=O) groups excluding carboxylic acids is 1. The van der Waals surface area contributed by atoms with E-state index in [1.165, 1.54) is 5.56 Å². The van der Waals surface area contributed by atoms with Gasteiger partial charge in [-0.2, -0.15) is 0 Å². The van der Waals surface area contributed by atoms with Crippen molar-refractivity contribution >= 4 is 5.91 Å². The Labute approximate surface area is 160 Å². The molecule has 0 saturated carbocycles. The molecule has 1 unspecified atom stereocenters. The fourth-order valence-electron chi connectivity index (χ4n) is 4.45. The van der Waals surface area contributed by atoms with E-state index in [2.05, 4.69) is 39.9 Å². The lowest BCUT2D eigenvalue weighted by Crippen LogP contribution is -2.36. The number of benzene rings is 1. The minimum absolute atomic E-state index is 0.0586. The standard InChI is InChI=1S/C21H29N5O/c1-16-20(23-24-26(16)19-11-13-22-14-12-19)21(27)25-15-5-8-18(25)10-9-17-6-3-2-4-7-17/h2-4,6-7,18-19,22H,5,8-15H2,1H3. The van der Waals surface area contributed by atoms with Gasteiger partial charge in [0, 0.05) is 12.6 Å². The second kappa shape index (κ2) is 8.21. The van der Waals surface area contributed by atoms with Gasteiger partial charge in [0.2, 0.25) is 0 Å². The molecular formula is C21H29N5O. The molecule has 2 aliphatic rings. The molecule has 2 aliphatic heterocycles. The zero-order valence-electron chi connectivity index (χ0n) is 16.1. The highest BCUT2D eigenvalue weighted by Gasteiger charge is 2.32. The molecule has 1 amide bonds. The van der Waals surface area contributed by atoms with Gasteiger partial charge in [0.15, 0.2) is 5.69 Å². The van der Waals surface area contributed by atoms with Crippen molar-refractivity contribution < 1.29 is 4.79 Å². The largest absolute Gasteiger partial charge is 0.334 e. The summed E-state index contributed by atoms with van der Waals surface area (Å²) in [4.78, 5) is 15.2. The van der Waals surface area contributed by atoms with Gasteiger partial charge < -0.3 is 10.2 Å². The molecule has 1 aromatic heterocycles. The Morgan fingerprint density at radius 2 is 1.96 bits per heavy atom. The predicted octanol–water partition coefficient (Wildman–Crippen LogP) is 2.75. The van der Waals surface area contributed by atoms with Crippen LogP contribution in [0.5, 0.6) is 0 Å². The van der Waals surface area contributed by atoms with Gasteiger partial charge in [0.25, 0.3) is 5.91 Å². The van der Waals surface area contributed by atoms with E-state index in [4.69, 9.17) is 0 Å². The van der Waals surface area contributed by atoms with Crippen molar-refractivity contribution in [3.63, 3.8) is 0 Å². The number of carbonyl (C=O) groups is 1. The van der Waals surface area contributed by atoms with Crippen LogP contribution in [0.3, 0.4) is 0 Å². The lowest BCUT2D eigenvalue weighted by Gasteiger charge is -2.25. The fourth-order valence-corrected chi connectivity index (χ4v) is 4.45. The molecule has 0 radical (unpaired) electrons. The highest BCUT2D eigenvalue weighted by Crippen LogP contribution is 2.26. The first-order valence-electron chi connectivity index (χ1n) is 10.2. The first kappa shape index (κ1) is 18.2. The summed E-state index contributed by atoms with van der Waals surface area (Å²) in [6, 6.07) is 11.2. The van der Waals surface area contributed by atoms with E-state index in [0.717, 1.165) is 63.9 Å². The fraction of sp³-hybridized carbons (Fsp3) is 0.571. The van der Waals surface area contributed by atoms with Crippen molar-refractivity contribution in [1.29, 1.82) is 0 Å². The SMILES string of the molecule is Cc1c(C(=O)N2CCCC2CCc2ccccc2)nnn1C1CCNCC1. The van der Waals surface area contributed by atoms with Crippen LogP contribution in [0.25, 0.3) is 0 Å². The summed E-state index contributed by atoms with van der Waals surface area (Å²) < 4.78 is 1.98. The van der Waals surface area contributed by atoms with Crippen LogP contribution >= 0.6 is 0 Å². The molecule has 2 fully saturated rings. The maximum Gasteiger partial charge on any atom is 0.276 e. The van der Waals surface area contributed by atoms with Gasteiger partial charge >= 0.3 is 0 Å². The number of amides is 1. The van der Waals surface area contributed by atoms with E-state index < -0.39 is 0 Å². The van der Waals surface area contributed by atoms with Crippen LogP contribution in [0, 0.1) is 6.92 Å². The Balaban J connectivity index is 1.44. The predicted molar refractivity (Wildman–Crippen MR) is 105 cm³/mol. The van der Waals surface area contributed by atoms with Crippen LogP contribution in [-0.2, 0) is 6.42 Å². The maximum absolute atomic E-state index is 13.2. The van der Waals surface area contributed by atoms with Crippen molar-refractivity contribution in [3.8, 4) is 0 Å². The number of likely N-dealkylation sites (tertiary alicyclic amines) is 1. The zero-order chi connectivity index (χ0) is 18.6. The second-order valence-electron chi connectivity index (χ2n) is 7.77. The summed E-state index contributed by atoms with van der Waals surface area (Å²) in [5.41, 5.74) is 2.80. The average molecular weight is 367 g/mol. The van der Waals surface area contributed by atoms with E-state index in [0.29, 0.717) is 17.8 Å². The zero-order valence-corrected chi connectivity index (χ0v) is 16.1. The lowest BCUT2D eigenvalue weighted by molar-refractivity contribution is 0.0723. The van der Waals surface area contributed by atoms with Gasteiger partial charge in [0.05, 0.1) is 11.7 Å². The van der Waals surface area contributed by atoms with Gasteiger partial charge in [-0.05, 0) is 64.1 Å². The maximum atomic E-state index is 13.2. The van der Waals surface area contributed by atoms with E-state index in [1.807, 2.05) is 22.6 Å². The van der Waals surface area contributed by atoms with Gasteiger partial charge in [-0.3, -0.25) is 4.79 Å². The molecule has 0 aliphatic carbocycles. The minimum atomic E-state index is 0.0586. The average Bonchev–Trinajstić information content (AvgIpc) is 3.34. The van der Waals surface area contributed by atoms with Crippen molar-refractivity contribution in [1.82, 2.24) is 25.2 Å². The van der Waals surface area contributed by atoms with Crippen LogP contribution in [-0.4, -0.2) is 51.5 Å². The minimum Gasteiger partial charge on any atom is -0.334 e. The van der Waals surface area contributed by atoms with E-state index in [1.54, 1.807) is 0 Å². The molecule has 3 heterocycles. The van der Waals surface area contributed by atoms with Gasteiger partial charge in [-0.1, -0.05) is 35.5 Å². The summed E-state index contributed by atoms with van der Waals surface area (Å²) in [5, 5.41) is 12.0. The summed E-state index contributed by atoms with van der Waals surface area (Å²) >= 11 is 0. The third kappa shape index (κ3) is 3.90. The molecule has 0 bridgehead atoms. The highest BCUT2D eigenvalue weighted by molar-refractivity contribution is 5.93. The molecule has 1 atom stereocenters. The number of aromatic nitrogens is 3. The number of nitrogens with zero attached hydrogens (tertiary/aromatic N) is 4. The Hall–Kier alpha value is -2.21. The molecule has 6 nitrogen and oxygen atoms in total. The van der Waals surface area contributed by atoms with Crippen LogP contribution in [0.15, 0.2) is 30.3 Å². The smallest absolute Gasteiger partial charge is 0.276 e. The molecule has 1 N–H and O–H groups in total. The van der Waals surface area contributed by atoms with Gasteiger partial charge in [-0.25, -0.2) is 4.68 Å². The summed E-state index contributed by atoms with van der Waals surface area (Å²) in [6.45, 7) is 4.82. The normalized spacial score (nSPS) is 20.9. The van der Waals surface area contributed by atoms with Crippen LogP contribution in [0.1, 0.15) is 59.9 Å². The van der Waals surface area contributed by atoms with Crippen molar-refractivity contribution in [2.45, 2.75) is 57.5 Å². The van der Waals surface area contributed by atoms with Crippen molar-refractivity contribution in [2.75, 3.05) is 19.6 Å². The van der Waals surface area contributed by atoms with Crippen LogP contribution in [0.4, 0.5) is 0 Å². The third-order valence-corrected chi connectivity index (χ3v) is 6.03. The summed E-state index contributed by atoms with van der Waals surface area (Å²) in [6.07, 6.45) is 6.27. The molecule has 4 rings (SSSR count). The number of rotatable bonds is 5. The number of aryl methyl sites for hydroxylation is 1. The molecule has 2 aromatic rings. The Morgan fingerprint density at radius 3 is 2.74 bits per heavy atom. The first-order chi connectivity index (χ1) is 13.2. The Bertz CT molecular complexity index is 766. The molecule has 0 spiro atoms. The van der Waals surface area contributed by atoms with Crippen molar-refractivity contribution in [3.05, 3.63) is 47.3 Å². The molecule has 1 aromatic carbocycles. The van der Waals surface area contributed by atoms with Gasteiger partial charge in [0.1, 0.15) is 0 Å². The first-order valence-corrected chi connectivity index (χ1v) is 10.2. The summed E-state index contributed by atoms with van der Waals surface area (Å²) in [7, 11) is 0. The third-order valence-electron chi connectivity index (χ3n) is 6.03. The Morgan fingerprint density at radius 1 is 1.19 bits per heavy atom. The Kier molecular flexibility index (Phi) is 5.53. The van der Waals surface area contributed by atoms with E-state index in [-0.39, 0.29) is 5.91 Å². The van der Waals surface area contributed by atoms with E-state index >= 15 is 0 Å². The van der Waals surface area contributed by atoms with Crippen molar-refractivity contribution in [2.24, 2.45) is 0 Å². The molecule has 144 valence electrons. The number of hydrogen-bond donors (Lipinski definition) is 1. The van der Waals surface area contributed by atoms with E-state index in [9.17, 15) is 4.79 Å². The van der Waals surface area contributed by atoms with Crippen LogP contribution in [0.2, 0.25) is 0 Å². The van der Waals surface area contributed by atoms with Gasteiger partial charge in [-0.15, -0.1) is 5.10 Å². The molecular weight excluding hydrogens is 338 g/mol. The molecule has 2 saturated heterocycles. The number of nitrogens with one attached hydrogen (secondary N) is 1. The monoisotopic (exact) mass is 367 g/mol. The number of hydrogen-bond acceptors (Lipinski definition) is 4. The van der Waals surface area contributed by atoms with Crippen LogP contribution < -0.4 is 5.32 Å².